The number of pyridine rings is 1. The van der Waals surface area contributed by atoms with Crippen molar-refractivity contribution in [2.45, 2.75) is 6.92 Å². The van der Waals surface area contributed by atoms with E-state index in [0.29, 0.717) is 11.1 Å². The lowest BCUT2D eigenvalue weighted by molar-refractivity contribution is 0.0536. The third-order valence-electron chi connectivity index (χ3n) is 3.32. The van der Waals surface area contributed by atoms with Crippen LogP contribution in [-0.4, -0.2) is 43.6 Å². The minimum absolute atomic E-state index is 0.0205. The van der Waals surface area contributed by atoms with Gasteiger partial charge in [0.15, 0.2) is 0 Å². The summed E-state index contributed by atoms with van der Waals surface area (Å²) < 4.78 is 15.6. The van der Waals surface area contributed by atoms with E-state index in [1.807, 2.05) is 0 Å². The van der Waals surface area contributed by atoms with Gasteiger partial charge in [-0.1, -0.05) is 6.07 Å². The highest BCUT2D eigenvalue weighted by Crippen LogP contribution is 2.28. The molecular weight excluding hydrogens is 290 g/mol. The van der Waals surface area contributed by atoms with Crippen LogP contribution in [0, 0.1) is 6.92 Å². The first kappa shape index (κ1) is 15.6. The van der Waals surface area contributed by atoms with Gasteiger partial charge >= 0.3 is 17.9 Å². The first-order chi connectivity index (χ1) is 10.5. The minimum Gasteiger partial charge on any atom is -0.465 e. The SMILES string of the molecule is COC(=O)c1c(C(=O)OC)c2c(C)cccn2c1C(=O)OC. The quantitative estimate of drug-likeness (QED) is 0.633. The Morgan fingerprint density at radius 1 is 0.909 bits per heavy atom. The third-order valence-corrected chi connectivity index (χ3v) is 3.32. The molecule has 0 aliphatic heterocycles. The maximum atomic E-state index is 12.1. The second-order valence-corrected chi connectivity index (χ2v) is 4.48. The summed E-state index contributed by atoms with van der Waals surface area (Å²) in [6.07, 6.45) is 1.56. The molecule has 0 fully saturated rings. The van der Waals surface area contributed by atoms with E-state index in [-0.39, 0.29) is 16.8 Å². The lowest BCUT2D eigenvalue weighted by Gasteiger charge is -2.04. The van der Waals surface area contributed by atoms with Crippen LogP contribution in [0.2, 0.25) is 0 Å². The number of hydrogen-bond donors (Lipinski definition) is 0. The van der Waals surface area contributed by atoms with Crippen molar-refractivity contribution in [3.05, 3.63) is 40.7 Å². The number of methoxy groups -OCH3 is 3. The first-order valence-corrected chi connectivity index (χ1v) is 6.36. The van der Waals surface area contributed by atoms with E-state index in [9.17, 15) is 14.4 Å². The van der Waals surface area contributed by atoms with Crippen molar-refractivity contribution in [1.82, 2.24) is 4.40 Å². The van der Waals surface area contributed by atoms with Gasteiger partial charge in [0.05, 0.1) is 26.8 Å². The van der Waals surface area contributed by atoms with Gasteiger partial charge in [0.1, 0.15) is 16.8 Å². The monoisotopic (exact) mass is 305 g/mol. The van der Waals surface area contributed by atoms with E-state index in [2.05, 4.69) is 0 Å². The molecule has 0 saturated heterocycles. The van der Waals surface area contributed by atoms with Gasteiger partial charge in [0.25, 0.3) is 0 Å². The Bertz CT molecular complexity index is 774. The topological polar surface area (TPSA) is 83.3 Å². The van der Waals surface area contributed by atoms with Gasteiger partial charge in [0.2, 0.25) is 0 Å². The fraction of sp³-hybridized carbons (Fsp3) is 0.267. The van der Waals surface area contributed by atoms with Crippen molar-refractivity contribution in [2.24, 2.45) is 0 Å². The first-order valence-electron chi connectivity index (χ1n) is 6.36. The summed E-state index contributed by atoms with van der Waals surface area (Å²) in [5.74, 6) is -2.30. The highest BCUT2D eigenvalue weighted by Gasteiger charge is 2.33. The molecule has 2 heterocycles. The fourth-order valence-corrected chi connectivity index (χ4v) is 2.38. The molecule has 0 N–H and O–H groups in total. The van der Waals surface area contributed by atoms with Crippen molar-refractivity contribution in [3.63, 3.8) is 0 Å². The molecule has 0 radical (unpaired) electrons. The molecule has 0 unspecified atom stereocenters. The molecule has 2 aromatic rings. The average Bonchev–Trinajstić information content (AvgIpc) is 2.89. The Labute approximate surface area is 126 Å². The molecule has 2 aromatic heterocycles. The molecule has 7 heteroatoms. The van der Waals surface area contributed by atoms with Crippen LogP contribution in [0.3, 0.4) is 0 Å². The molecule has 2 rings (SSSR count). The molecule has 0 bridgehead atoms. The molecule has 0 aromatic carbocycles. The van der Waals surface area contributed by atoms with E-state index < -0.39 is 17.9 Å². The zero-order valence-corrected chi connectivity index (χ0v) is 12.6. The second kappa shape index (κ2) is 5.88. The lowest BCUT2D eigenvalue weighted by Crippen LogP contribution is -2.15. The summed E-state index contributed by atoms with van der Waals surface area (Å²) in [6, 6.07) is 3.45. The summed E-state index contributed by atoms with van der Waals surface area (Å²) in [7, 11) is 3.55. The number of rotatable bonds is 3. The maximum Gasteiger partial charge on any atom is 0.355 e. The number of hydrogen-bond acceptors (Lipinski definition) is 6. The largest absolute Gasteiger partial charge is 0.465 e. The molecule has 0 amide bonds. The Morgan fingerprint density at radius 2 is 1.45 bits per heavy atom. The summed E-state index contributed by atoms with van der Waals surface area (Å²) in [6.45, 7) is 1.75. The van der Waals surface area contributed by atoms with E-state index >= 15 is 0 Å². The average molecular weight is 305 g/mol. The smallest absolute Gasteiger partial charge is 0.355 e. The number of aromatic nitrogens is 1. The van der Waals surface area contributed by atoms with Crippen molar-refractivity contribution in [3.8, 4) is 0 Å². The number of aryl methyl sites for hydroxylation is 1. The number of ether oxygens (including phenoxy) is 3. The predicted octanol–water partition coefficient (Wildman–Crippen LogP) is 1.61. The number of esters is 3. The summed E-state index contributed by atoms with van der Waals surface area (Å²) >= 11 is 0. The van der Waals surface area contributed by atoms with Crippen molar-refractivity contribution < 1.29 is 28.6 Å². The normalized spacial score (nSPS) is 10.4. The summed E-state index contributed by atoms with van der Waals surface area (Å²) in [4.78, 5) is 36.4. The van der Waals surface area contributed by atoms with Crippen molar-refractivity contribution >= 4 is 23.4 Å². The second-order valence-electron chi connectivity index (χ2n) is 4.48. The van der Waals surface area contributed by atoms with Gasteiger partial charge < -0.3 is 18.6 Å². The standard InChI is InChI=1S/C15H15NO6/c1-8-6-5-7-16-11(8)9(13(17)20-2)10(14(18)21-3)12(16)15(19)22-4/h5-7H,1-4H3. The molecule has 0 aliphatic rings. The maximum absolute atomic E-state index is 12.1. The summed E-state index contributed by atoms with van der Waals surface area (Å²) in [5.41, 5.74) is 0.829. The van der Waals surface area contributed by atoms with Crippen LogP contribution in [0.15, 0.2) is 18.3 Å². The van der Waals surface area contributed by atoms with Crippen molar-refractivity contribution in [2.75, 3.05) is 21.3 Å². The molecule has 0 saturated carbocycles. The molecule has 0 spiro atoms. The number of carbonyl (C=O) groups excluding carboxylic acids is 3. The van der Waals surface area contributed by atoms with Crippen LogP contribution in [0.5, 0.6) is 0 Å². The Balaban J connectivity index is 3.03. The van der Waals surface area contributed by atoms with Crippen LogP contribution in [0.4, 0.5) is 0 Å². The van der Waals surface area contributed by atoms with Crippen LogP contribution in [0.25, 0.3) is 5.52 Å². The number of carbonyl (C=O) groups is 3. The van der Waals surface area contributed by atoms with Crippen molar-refractivity contribution in [1.29, 1.82) is 0 Å². The predicted molar refractivity (Wildman–Crippen MR) is 76.2 cm³/mol. The Kier molecular flexibility index (Phi) is 4.16. The lowest BCUT2D eigenvalue weighted by atomic mass is 10.1. The minimum atomic E-state index is -0.816. The Morgan fingerprint density at radius 3 is 2.00 bits per heavy atom. The highest BCUT2D eigenvalue weighted by atomic mass is 16.5. The number of nitrogens with zero attached hydrogens (tertiary/aromatic N) is 1. The molecule has 7 nitrogen and oxygen atoms in total. The molecule has 0 aliphatic carbocycles. The van der Waals surface area contributed by atoms with Gasteiger partial charge in [-0.05, 0) is 18.6 Å². The van der Waals surface area contributed by atoms with Gasteiger partial charge in [-0.3, -0.25) is 0 Å². The van der Waals surface area contributed by atoms with Gasteiger partial charge in [-0.2, -0.15) is 0 Å². The van der Waals surface area contributed by atoms with Crippen LogP contribution < -0.4 is 0 Å². The zero-order chi connectivity index (χ0) is 16.4. The van der Waals surface area contributed by atoms with E-state index in [1.54, 1.807) is 25.3 Å². The van der Waals surface area contributed by atoms with E-state index in [0.717, 1.165) is 0 Å². The van der Waals surface area contributed by atoms with Crippen LogP contribution in [0.1, 0.15) is 36.8 Å². The molecule has 116 valence electrons. The van der Waals surface area contributed by atoms with E-state index in [4.69, 9.17) is 14.2 Å². The molecular formula is C15H15NO6. The number of fused-ring (bicyclic) bond motifs is 1. The van der Waals surface area contributed by atoms with Crippen LogP contribution in [-0.2, 0) is 14.2 Å². The Hall–Kier alpha value is -2.83. The highest BCUT2D eigenvalue weighted by molar-refractivity contribution is 6.15. The zero-order valence-electron chi connectivity index (χ0n) is 12.6. The fourth-order valence-electron chi connectivity index (χ4n) is 2.38. The van der Waals surface area contributed by atoms with Gasteiger partial charge in [-0.15, -0.1) is 0 Å². The molecule has 22 heavy (non-hydrogen) atoms. The molecule has 0 atom stereocenters. The third kappa shape index (κ3) is 2.20. The van der Waals surface area contributed by atoms with E-state index in [1.165, 1.54) is 25.7 Å². The van der Waals surface area contributed by atoms with Gasteiger partial charge in [0, 0.05) is 6.20 Å². The van der Waals surface area contributed by atoms with Crippen LogP contribution >= 0.6 is 0 Å². The summed E-state index contributed by atoms with van der Waals surface area (Å²) in [5, 5.41) is 0. The van der Waals surface area contributed by atoms with Gasteiger partial charge in [-0.25, -0.2) is 14.4 Å².